The Balaban J connectivity index is 2.57. The van der Waals surface area contributed by atoms with Gasteiger partial charge < -0.3 is 16.2 Å². The van der Waals surface area contributed by atoms with Gasteiger partial charge in [0, 0.05) is 13.1 Å². The zero-order valence-corrected chi connectivity index (χ0v) is 9.70. The molecule has 1 aromatic rings. The second-order valence-corrected chi connectivity index (χ2v) is 4.95. The lowest BCUT2D eigenvalue weighted by atomic mass is 10.3. The molecular formula is C9H13N3O4S. The third kappa shape index (κ3) is 4.29. The standard InChI is InChI=1S/C9H13N3O4S/c10-9(14)11-5-6-12-17(15,16)8-3-1-7(13)2-4-8/h1-4,12-13H,5-6H2,(H3,10,11,14). The number of nitrogens with two attached hydrogens (primary N) is 1. The first-order valence-corrected chi connectivity index (χ1v) is 6.22. The SMILES string of the molecule is NC(=O)NCCNS(=O)(=O)c1ccc(O)cc1. The minimum atomic E-state index is -3.63. The van der Waals surface area contributed by atoms with Gasteiger partial charge in [-0.15, -0.1) is 0 Å². The summed E-state index contributed by atoms with van der Waals surface area (Å²) in [5.74, 6) is -0.0145. The van der Waals surface area contributed by atoms with Gasteiger partial charge in [-0.1, -0.05) is 0 Å². The quantitative estimate of drug-likeness (QED) is 0.524. The van der Waals surface area contributed by atoms with Crippen LogP contribution in [0.5, 0.6) is 5.75 Å². The molecule has 0 aliphatic heterocycles. The van der Waals surface area contributed by atoms with Crippen LogP contribution in [-0.2, 0) is 10.0 Å². The van der Waals surface area contributed by atoms with Gasteiger partial charge in [-0.2, -0.15) is 0 Å². The molecule has 7 nitrogen and oxygen atoms in total. The van der Waals surface area contributed by atoms with Crippen molar-refractivity contribution < 1.29 is 18.3 Å². The summed E-state index contributed by atoms with van der Waals surface area (Å²) in [6.07, 6.45) is 0. The summed E-state index contributed by atoms with van der Waals surface area (Å²) >= 11 is 0. The van der Waals surface area contributed by atoms with Crippen molar-refractivity contribution in [3.63, 3.8) is 0 Å². The highest BCUT2D eigenvalue weighted by atomic mass is 32.2. The smallest absolute Gasteiger partial charge is 0.312 e. The molecule has 1 rings (SSSR count). The van der Waals surface area contributed by atoms with Crippen LogP contribution in [0.3, 0.4) is 0 Å². The topological polar surface area (TPSA) is 122 Å². The van der Waals surface area contributed by atoms with Gasteiger partial charge in [-0.3, -0.25) is 0 Å². The van der Waals surface area contributed by atoms with Crippen LogP contribution >= 0.6 is 0 Å². The third-order valence-electron chi connectivity index (χ3n) is 1.86. The summed E-state index contributed by atoms with van der Waals surface area (Å²) in [6, 6.07) is 4.39. The Morgan fingerprint density at radius 3 is 2.35 bits per heavy atom. The first-order chi connectivity index (χ1) is 7.92. The van der Waals surface area contributed by atoms with Gasteiger partial charge >= 0.3 is 6.03 Å². The van der Waals surface area contributed by atoms with Crippen molar-refractivity contribution in [1.29, 1.82) is 0 Å². The Kier molecular flexibility index (Phi) is 4.30. The van der Waals surface area contributed by atoms with Gasteiger partial charge in [-0.05, 0) is 24.3 Å². The lowest BCUT2D eigenvalue weighted by molar-refractivity contribution is 0.249. The van der Waals surface area contributed by atoms with E-state index in [0.29, 0.717) is 0 Å². The van der Waals surface area contributed by atoms with Gasteiger partial charge in [-0.25, -0.2) is 17.9 Å². The summed E-state index contributed by atoms with van der Waals surface area (Å²) in [4.78, 5) is 10.4. The third-order valence-corrected chi connectivity index (χ3v) is 3.34. The van der Waals surface area contributed by atoms with Crippen molar-refractivity contribution in [2.24, 2.45) is 5.73 Å². The molecule has 0 aromatic heterocycles. The van der Waals surface area contributed by atoms with Crippen molar-refractivity contribution in [2.45, 2.75) is 4.90 Å². The number of aromatic hydroxyl groups is 1. The van der Waals surface area contributed by atoms with E-state index in [0.717, 1.165) is 0 Å². The summed E-state index contributed by atoms with van der Waals surface area (Å²) in [7, 11) is -3.63. The first-order valence-electron chi connectivity index (χ1n) is 4.74. The van der Waals surface area contributed by atoms with E-state index in [-0.39, 0.29) is 23.7 Å². The van der Waals surface area contributed by atoms with E-state index in [4.69, 9.17) is 10.8 Å². The summed E-state index contributed by atoms with van der Waals surface area (Å²) in [5, 5.41) is 11.3. The van der Waals surface area contributed by atoms with E-state index in [1.807, 2.05) is 0 Å². The van der Waals surface area contributed by atoms with E-state index in [1.54, 1.807) is 0 Å². The van der Waals surface area contributed by atoms with Crippen molar-refractivity contribution in [2.75, 3.05) is 13.1 Å². The van der Waals surface area contributed by atoms with Gasteiger partial charge in [0.1, 0.15) is 5.75 Å². The Hall–Kier alpha value is -1.80. The molecule has 1 aromatic carbocycles. The number of phenols is 1. The maximum atomic E-state index is 11.7. The summed E-state index contributed by atoms with van der Waals surface area (Å²) in [5.41, 5.74) is 4.81. The first kappa shape index (κ1) is 13.3. The van der Waals surface area contributed by atoms with Crippen LogP contribution in [-0.4, -0.2) is 32.6 Å². The monoisotopic (exact) mass is 259 g/mol. The van der Waals surface area contributed by atoms with E-state index in [9.17, 15) is 13.2 Å². The number of nitrogens with one attached hydrogen (secondary N) is 2. The molecule has 17 heavy (non-hydrogen) atoms. The van der Waals surface area contributed by atoms with Crippen LogP contribution in [0.15, 0.2) is 29.2 Å². The molecule has 0 heterocycles. The Morgan fingerprint density at radius 2 is 1.82 bits per heavy atom. The second kappa shape index (κ2) is 5.51. The molecule has 0 radical (unpaired) electrons. The predicted octanol–water partition coefficient (Wildman–Crippen LogP) is -0.661. The number of rotatable bonds is 5. The molecular weight excluding hydrogens is 246 g/mol. The molecule has 0 saturated heterocycles. The van der Waals surface area contributed by atoms with Crippen LogP contribution < -0.4 is 15.8 Å². The van der Waals surface area contributed by atoms with Gasteiger partial charge in [0.15, 0.2) is 0 Å². The molecule has 0 atom stereocenters. The minimum absolute atomic E-state index is 0.0145. The van der Waals surface area contributed by atoms with E-state index >= 15 is 0 Å². The molecule has 0 bridgehead atoms. The molecule has 2 amide bonds. The number of hydrogen-bond donors (Lipinski definition) is 4. The predicted molar refractivity (Wildman–Crippen MR) is 60.9 cm³/mol. The molecule has 0 unspecified atom stereocenters. The largest absolute Gasteiger partial charge is 0.508 e. The maximum Gasteiger partial charge on any atom is 0.312 e. The molecule has 0 aliphatic rings. The Bertz CT molecular complexity index is 483. The van der Waals surface area contributed by atoms with Crippen molar-refractivity contribution in [3.05, 3.63) is 24.3 Å². The second-order valence-electron chi connectivity index (χ2n) is 3.18. The van der Waals surface area contributed by atoms with E-state index in [2.05, 4.69) is 10.0 Å². The highest BCUT2D eigenvalue weighted by Gasteiger charge is 2.12. The fourth-order valence-corrected chi connectivity index (χ4v) is 2.11. The van der Waals surface area contributed by atoms with Crippen LogP contribution in [0.4, 0.5) is 4.79 Å². The number of amides is 2. The number of benzene rings is 1. The number of carbonyl (C=O) groups is 1. The molecule has 0 spiro atoms. The average Bonchev–Trinajstić information content (AvgIpc) is 2.25. The van der Waals surface area contributed by atoms with Gasteiger partial charge in [0.05, 0.1) is 4.90 Å². The molecule has 0 fully saturated rings. The zero-order valence-electron chi connectivity index (χ0n) is 8.88. The Labute approximate surface area is 98.7 Å². The highest BCUT2D eigenvalue weighted by molar-refractivity contribution is 7.89. The molecule has 94 valence electrons. The lowest BCUT2D eigenvalue weighted by Crippen LogP contribution is -2.37. The minimum Gasteiger partial charge on any atom is -0.508 e. The number of phenolic OH excluding ortho intramolecular Hbond substituents is 1. The van der Waals surface area contributed by atoms with Crippen LogP contribution in [0.1, 0.15) is 0 Å². The zero-order chi connectivity index (χ0) is 12.9. The van der Waals surface area contributed by atoms with Crippen molar-refractivity contribution >= 4 is 16.1 Å². The maximum absolute atomic E-state index is 11.7. The molecule has 0 aliphatic carbocycles. The number of hydrogen-bond acceptors (Lipinski definition) is 4. The average molecular weight is 259 g/mol. The molecule has 8 heteroatoms. The fourth-order valence-electron chi connectivity index (χ4n) is 1.08. The highest BCUT2D eigenvalue weighted by Crippen LogP contribution is 2.13. The number of sulfonamides is 1. The van der Waals surface area contributed by atoms with Crippen LogP contribution in [0.25, 0.3) is 0 Å². The number of urea groups is 1. The van der Waals surface area contributed by atoms with Crippen LogP contribution in [0.2, 0.25) is 0 Å². The summed E-state index contributed by atoms with van der Waals surface area (Å²) in [6.45, 7) is 0.138. The van der Waals surface area contributed by atoms with Gasteiger partial charge in [0.2, 0.25) is 10.0 Å². The van der Waals surface area contributed by atoms with Gasteiger partial charge in [0.25, 0.3) is 0 Å². The number of primary amides is 1. The van der Waals surface area contributed by atoms with Crippen LogP contribution in [0, 0.1) is 0 Å². The van der Waals surface area contributed by atoms with Crippen molar-refractivity contribution in [1.82, 2.24) is 10.0 Å². The van der Waals surface area contributed by atoms with E-state index in [1.165, 1.54) is 24.3 Å². The fraction of sp³-hybridized carbons (Fsp3) is 0.222. The normalized spacial score (nSPS) is 11.1. The number of carbonyl (C=O) groups excluding carboxylic acids is 1. The van der Waals surface area contributed by atoms with E-state index < -0.39 is 16.1 Å². The summed E-state index contributed by atoms with van der Waals surface area (Å²) < 4.78 is 25.6. The molecule has 0 saturated carbocycles. The molecule has 5 N–H and O–H groups in total. The Morgan fingerprint density at radius 1 is 1.24 bits per heavy atom. The lowest BCUT2D eigenvalue weighted by Gasteiger charge is -2.06. The van der Waals surface area contributed by atoms with Crippen molar-refractivity contribution in [3.8, 4) is 5.75 Å².